The van der Waals surface area contributed by atoms with Crippen LogP contribution in [-0.4, -0.2) is 13.1 Å². The van der Waals surface area contributed by atoms with E-state index in [4.69, 9.17) is 0 Å². The minimum absolute atomic E-state index is 1.11. The monoisotopic (exact) mass is 389 g/mol. The van der Waals surface area contributed by atoms with Crippen LogP contribution in [0.15, 0.2) is 48.5 Å². The third-order valence-electron chi connectivity index (χ3n) is 6.58. The van der Waals surface area contributed by atoms with E-state index in [-0.39, 0.29) is 0 Å². The first-order valence-corrected chi connectivity index (χ1v) is 12.0. The highest BCUT2D eigenvalue weighted by molar-refractivity contribution is 6.08. The standard InChI is InChI=1S/C27H37N2/c1-2-3-4-5-6-7-8-9-10-15-20-28-21-22-29-26-19-14-13-17-24(26)23-16-11-12-18-25(23)27(28)29/h11-14,16-19H,2-10,15,20-22H2,1H3/q+1. The van der Waals surface area contributed by atoms with Gasteiger partial charge in [-0.2, -0.15) is 0 Å². The van der Waals surface area contributed by atoms with Crippen LogP contribution in [0.1, 0.15) is 71.1 Å². The van der Waals surface area contributed by atoms with Gasteiger partial charge in [-0.3, -0.25) is 4.90 Å². The van der Waals surface area contributed by atoms with Gasteiger partial charge in [-0.25, -0.2) is 4.57 Å². The summed E-state index contributed by atoms with van der Waals surface area (Å²) < 4.78 is 2.55. The second-order valence-electron chi connectivity index (χ2n) is 8.71. The number of anilines is 1. The van der Waals surface area contributed by atoms with E-state index < -0.39 is 0 Å². The summed E-state index contributed by atoms with van der Waals surface area (Å²) in [6, 6.07) is 17.9. The molecule has 4 rings (SSSR count). The van der Waals surface area contributed by atoms with Crippen molar-refractivity contribution in [1.82, 2.24) is 0 Å². The second kappa shape index (κ2) is 10.1. The van der Waals surface area contributed by atoms with Gasteiger partial charge in [-0.15, -0.1) is 0 Å². The van der Waals surface area contributed by atoms with Gasteiger partial charge < -0.3 is 0 Å². The van der Waals surface area contributed by atoms with Crippen molar-refractivity contribution in [2.24, 2.45) is 0 Å². The second-order valence-corrected chi connectivity index (χ2v) is 8.71. The van der Waals surface area contributed by atoms with E-state index in [1.807, 2.05) is 0 Å². The fraction of sp³-hybridized carbons (Fsp3) is 0.519. The van der Waals surface area contributed by atoms with E-state index in [2.05, 4.69) is 64.9 Å². The molecule has 2 heteroatoms. The molecule has 3 aromatic rings. The molecule has 2 heterocycles. The van der Waals surface area contributed by atoms with E-state index in [0.29, 0.717) is 0 Å². The van der Waals surface area contributed by atoms with Gasteiger partial charge in [0.25, 0.3) is 5.82 Å². The van der Waals surface area contributed by atoms with E-state index >= 15 is 0 Å². The lowest BCUT2D eigenvalue weighted by molar-refractivity contribution is -0.643. The summed E-state index contributed by atoms with van der Waals surface area (Å²) in [6.45, 7) is 5.75. The van der Waals surface area contributed by atoms with Crippen molar-refractivity contribution in [3.63, 3.8) is 0 Å². The predicted molar refractivity (Wildman–Crippen MR) is 126 cm³/mol. The lowest BCUT2D eigenvalue weighted by Crippen LogP contribution is -2.32. The van der Waals surface area contributed by atoms with Gasteiger partial charge >= 0.3 is 0 Å². The minimum Gasteiger partial charge on any atom is -0.257 e. The molecule has 29 heavy (non-hydrogen) atoms. The number of benzene rings is 2. The quantitative estimate of drug-likeness (QED) is 0.194. The Morgan fingerprint density at radius 3 is 2.00 bits per heavy atom. The summed E-state index contributed by atoms with van der Waals surface area (Å²) in [5, 5.41) is 4.19. The molecule has 154 valence electrons. The van der Waals surface area contributed by atoms with Crippen molar-refractivity contribution in [3.8, 4) is 0 Å². The van der Waals surface area contributed by atoms with Crippen molar-refractivity contribution in [1.29, 1.82) is 0 Å². The lowest BCUT2D eigenvalue weighted by atomic mass is 10.0. The summed E-state index contributed by atoms with van der Waals surface area (Å²) >= 11 is 0. The van der Waals surface area contributed by atoms with Crippen LogP contribution < -0.4 is 9.47 Å². The van der Waals surface area contributed by atoms with Crippen molar-refractivity contribution in [2.45, 2.75) is 77.7 Å². The average Bonchev–Trinajstić information content (AvgIpc) is 3.20. The maximum Gasteiger partial charge on any atom is 0.285 e. The largest absolute Gasteiger partial charge is 0.285 e. The summed E-state index contributed by atoms with van der Waals surface area (Å²) in [7, 11) is 0. The maximum absolute atomic E-state index is 2.64. The molecule has 1 aliphatic heterocycles. The number of hydrogen-bond acceptors (Lipinski definition) is 1. The van der Waals surface area contributed by atoms with E-state index in [0.717, 1.165) is 13.1 Å². The molecule has 0 atom stereocenters. The van der Waals surface area contributed by atoms with E-state index in [9.17, 15) is 0 Å². The van der Waals surface area contributed by atoms with Gasteiger partial charge in [-0.05, 0) is 25.0 Å². The zero-order valence-electron chi connectivity index (χ0n) is 18.2. The molecule has 0 saturated heterocycles. The van der Waals surface area contributed by atoms with Gasteiger partial charge in [0.15, 0.2) is 0 Å². The smallest absolute Gasteiger partial charge is 0.257 e. The van der Waals surface area contributed by atoms with Gasteiger partial charge in [-0.1, -0.05) is 94.7 Å². The molecule has 2 nitrogen and oxygen atoms in total. The molecule has 0 amide bonds. The van der Waals surface area contributed by atoms with Crippen molar-refractivity contribution >= 4 is 27.5 Å². The number of unbranched alkanes of at least 4 members (excludes halogenated alkanes) is 9. The van der Waals surface area contributed by atoms with Crippen molar-refractivity contribution in [3.05, 3.63) is 48.5 Å². The fourth-order valence-corrected chi connectivity index (χ4v) is 5.01. The number of nitrogens with zero attached hydrogens (tertiary/aromatic N) is 2. The Hall–Kier alpha value is -2.09. The van der Waals surface area contributed by atoms with E-state index in [1.54, 1.807) is 0 Å². The number of rotatable bonds is 11. The fourth-order valence-electron chi connectivity index (χ4n) is 5.01. The first-order valence-electron chi connectivity index (χ1n) is 12.0. The molecular formula is C27H37N2+. The number of pyridine rings is 1. The van der Waals surface area contributed by atoms with Gasteiger partial charge in [0.1, 0.15) is 18.6 Å². The Bertz CT molecular complexity index is 930. The van der Waals surface area contributed by atoms with Crippen LogP contribution in [0.2, 0.25) is 0 Å². The predicted octanol–water partition coefficient (Wildman–Crippen LogP) is 7.02. The molecule has 1 aromatic heterocycles. The highest BCUT2D eigenvalue weighted by atomic mass is 15.3. The molecule has 2 aromatic carbocycles. The highest BCUT2D eigenvalue weighted by Gasteiger charge is 2.31. The van der Waals surface area contributed by atoms with Gasteiger partial charge in [0, 0.05) is 10.8 Å². The SMILES string of the molecule is CCCCCCCCCCCCN1CC[n+]2c1c1ccccc1c1ccccc12. The first-order chi connectivity index (χ1) is 14.4. The molecule has 0 aliphatic carbocycles. The summed E-state index contributed by atoms with van der Waals surface area (Å²) in [5.74, 6) is 1.44. The number of fused-ring (bicyclic) bond motifs is 6. The summed E-state index contributed by atoms with van der Waals surface area (Å²) in [6.07, 6.45) is 14.0. The molecule has 0 radical (unpaired) electrons. The zero-order valence-corrected chi connectivity index (χ0v) is 18.2. The minimum atomic E-state index is 1.11. The van der Waals surface area contributed by atoms with Crippen LogP contribution in [0.3, 0.4) is 0 Å². The van der Waals surface area contributed by atoms with E-state index in [1.165, 1.54) is 98.2 Å². The van der Waals surface area contributed by atoms with Gasteiger partial charge in [0.05, 0.1) is 11.9 Å². The summed E-state index contributed by atoms with van der Waals surface area (Å²) in [4.78, 5) is 2.64. The van der Waals surface area contributed by atoms with Crippen molar-refractivity contribution < 1.29 is 4.57 Å². The maximum atomic E-state index is 2.64. The van der Waals surface area contributed by atoms with Crippen molar-refractivity contribution in [2.75, 3.05) is 18.0 Å². The van der Waals surface area contributed by atoms with Crippen LogP contribution in [0.25, 0.3) is 21.7 Å². The number of hydrogen-bond donors (Lipinski definition) is 0. The normalized spacial score (nSPS) is 13.5. The Morgan fingerprint density at radius 2 is 1.28 bits per heavy atom. The number of aromatic nitrogens is 1. The Kier molecular flexibility index (Phi) is 7.03. The molecule has 0 bridgehead atoms. The topological polar surface area (TPSA) is 7.12 Å². The van der Waals surface area contributed by atoms with Gasteiger partial charge in [0.2, 0.25) is 0 Å². The van der Waals surface area contributed by atoms with Crippen LogP contribution in [0.4, 0.5) is 5.82 Å². The van der Waals surface area contributed by atoms with Crippen LogP contribution in [-0.2, 0) is 6.54 Å². The Morgan fingerprint density at radius 1 is 0.690 bits per heavy atom. The molecule has 1 aliphatic rings. The lowest BCUT2D eigenvalue weighted by Gasteiger charge is -2.14. The molecule has 0 unspecified atom stereocenters. The molecular weight excluding hydrogens is 352 g/mol. The molecule has 0 fully saturated rings. The Balaban J connectivity index is 1.35. The highest BCUT2D eigenvalue weighted by Crippen LogP contribution is 2.32. The molecule has 0 saturated carbocycles. The van der Waals surface area contributed by atoms with Crippen LogP contribution in [0.5, 0.6) is 0 Å². The summed E-state index contributed by atoms with van der Waals surface area (Å²) in [5.41, 5.74) is 1.38. The first kappa shape index (κ1) is 20.2. The zero-order chi connectivity index (χ0) is 19.9. The molecule has 0 spiro atoms. The molecule has 0 N–H and O–H groups in total. The number of para-hydroxylation sites is 1. The third kappa shape index (κ3) is 4.57. The van der Waals surface area contributed by atoms with Crippen LogP contribution in [0, 0.1) is 0 Å². The average molecular weight is 390 g/mol. The third-order valence-corrected chi connectivity index (χ3v) is 6.58. The Labute approximate surface area is 176 Å². The van der Waals surface area contributed by atoms with Crippen LogP contribution >= 0.6 is 0 Å².